The van der Waals surface area contributed by atoms with Gasteiger partial charge < -0.3 is 9.47 Å². The average molecular weight is 188 g/mol. The summed E-state index contributed by atoms with van der Waals surface area (Å²) in [5.41, 5.74) is 0. The summed E-state index contributed by atoms with van der Waals surface area (Å²) in [5, 5.41) is 0. The van der Waals surface area contributed by atoms with Gasteiger partial charge in [-0.2, -0.15) is 0 Å². The maximum absolute atomic E-state index is 10.8. The SMILES string of the molecule is CC(=O)OCC(OC(C)=O)C(C)=O. The number of ketones is 1. The van der Waals surface area contributed by atoms with Gasteiger partial charge in [0.2, 0.25) is 0 Å². The topological polar surface area (TPSA) is 69.7 Å². The predicted octanol–water partition coefficient (Wildman–Crippen LogP) is 0.0702. The fraction of sp³-hybridized carbons (Fsp3) is 0.625. The summed E-state index contributed by atoms with van der Waals surface area (Å²) in [5.74, 6) is -1.44. The van der Waals surface area contributed by atoms with E-state index in [-0.39, 0.29) is 12.4 Å². The smallest absolute Gasteiger partial charge is 0.303 e. The van der Waals surface area contributed by atoms with Crippen LogP contribution >= 0.6 is 0 Å². The van der Waals surface area contributed by atoms with E-state index in [1.165, 1.54) is 20.8 Å². The summed E-state index contributed by atoms with van der Waals surface area (Å²) in [6.07, 6.45) is -0.985. The second-order valence-corrected chi connectivity index (χ2v) is 2.51. The van der Waals surface area contributed by atoms with Gasteiger partial charge in [-0.15, -0.1) is 0 Å². The number of rotatable bonds is 4. The van der Waals surface area contributed by atoms with Gasteiger partial charge >= 0.3 is 11.9 Å². The zero-order valence-electron chi connectivity index (χ0n) is 7.83. The number of Topliss-reactive ketones (excluding diaryl/α,β-unsaturated/α-hetero) is 1. The molecule has 74 valence electrons. The Morgan fingerprint density at radius 3 is 1.92 bits per heavy atom. The van der Waals surface area contributed by atoms with Crippen LogP contribution in [0.2, 0.25) is 0 Å². The van der Waals surface area contributed by atoms with Gasteiger partial charge in [0.1, 0.15) is 6.61 Å². The lowest BCUT2D eigenvalue weighted by molar-refractivity contribution is -0.160. The highest BCUT2D eigenvalue weighted by Crippen LogP contribution is 1.96. The Labute approximate surface area is 76.0 Å². The van der Waals surface area contributed by atoms with Crippen LogP contribution in [0, 0.1) is 0 Å². The molecule has 1 atom stereocenters. The van der Waals surface area contributed by atoms with Crippen molar-refractivity contribution < 1.29 is 23.9 Å². The minimum atomic E-state index is -0.985. The molecule has 5 nitrogen and oxygen atoms in total. The van der Waals surface area contributed by atoms with Gasteiger partial charge in [-0.1, -0.05) is 0 Å². The highest BCUT2D eigenvalue weighted by Gasteiger charge is 2.18. The van der Waals surface area contributed by atoms with Crippen LogP contribution in [0.4, 0.5) is 0 Å². The van der Waals surface area contributed by atoms with Gasteiger partial charge in [0.25, 0.3) is 0 Å². The van der Waals surface area contributed by atoms with E-state index >= 15 is 0 Å². The number of hydrogen-bond acceptors (Lipinski definition) is 5. The monoisotopic (exact) mass is 188 g/mol. The van der Waals surface area contributed by atoms with Crippen molar-refractivity contribution >= 4 is 17.7 Å². The molecule has 0 saturated carbocycles. The van der Waals surface area contributed by atoms with Crippen LogP contribution in [0.5, 0.6) is 0 Å². The first-order valence-electron chi connectivity index (χ1n) is 3.74. The molecule has 1 unspecified atom stereocenters. The van der Waals surface area contributed by atoms with E-state index in [9.17, 15) is 14.4 Å². The Balaban J connectivity index is 4.02. The molecule has 0 spiro atoms. The Morgan fingerprint density at radius 2 is 1.62 bits per heavy atom. The largest absolute Gasteiger partial charge is 0.461 e. The molecule has 0 bridgehead atoms. The molecule has 0 aliphatic heterocycles. The molecule has 0 saturated heterocycles. The quantitative estimate of drug-likeness (QED) is 0.584. The van der Waals surface area contributed by atoms with Crippen LogP contribution in [0.3, 0.4) is 0 Å². The first-order valence-corrected chi connectivity index (χ1v) is 3.74. The van der Waals surface area contributed by atoms with Crippen molar-refractivity contribution in [3.05, 3.63) is 0 Å². The van der Waals surface area contributed by atoms with Crippen molar-refractivity contribution in [2.24, 2.45) is 0 Å². The van der Waals surface area contributed by atoms with Crippen molar-refractivity contribution in [2.75, 3.05) is 6.61 Å². The van der Waals surface area contributed by atoms with Gasteiger partial charge in [-0.25, -0.2) is 0 Å². The highest BCUT2D eigenvalue weighted by molar-refractivity contribution is 5.83. The molecule has 0 amide bonds. The fourth-order valence-corrected chi connectivity index (χ4v) is 0.628. The molecule has 0 heterocycles. The van der Waals surface area contributed by atoms with Gasteiger partial charge in [0, 0.05) is 13.8 Å². The Hall–Kier alpha value is -1.39. The maximum atomic E-state index is 10.8. The van der Waals surface area contributed by atoms with Gasteiger partial charge in [0.05, 0.1) is 0 Å². The molecule has 0 rings (SSSR count). The lowest BCUT2D eigenvalue weighted by Crippen LogP contribution is -2.30. The number of carbonyl (C=O) groups is 3. The van der Waals surface area contributed by atoms with E-state index < -0.39 is 18.0 Å². The molecule has 0 aromatic carbocycles. The van der Waals surface area contributed by atoms with E-state index in [1.807, 2.05) is 0 Å². The number of esters is 2. The predicted molar refractivity (Wildman–Crippen MR) is 42.9 cm³/mol. The molecule has 0 aromatic heterocycles. The van der Waals surface area contributed by atoms with Gasteiger partial charge in [-0.05, 0) is 6.92 Å². The van der Waals surface area contributed by atoms with Crippen molar-refractivity contribution in [3.8, 4) is 0 Å². The summed E-state index contributed by atoms with van der Waals surface area (Å²) in [6.45, 7) is 3.44. The van der Waals surface area contributed by atoms with Gasteiger partial charge in [-0.3, -0.25) is 14.4 Å². The molecule has 0 fully saturated rings. The third kappa shape index (κ3) is 5.84. The Kier molecular flexibility index (Phi) is 4.72. The van der Waals surface area contributed by atoms with E-state index in [0.29, 0.717) is 0 Å². The van der Waals surface area contributed by atoms with E-state index in [1.54, 1.807) is 0 Å². The number of hydrogen-bond donors (Lipinski definition) is 0. The van der Waals surface area contributed by atoms with Crippen molar-refractivity contribution in [2.45, 2.75) is 26.9 Å². The standard InChI is InChI=1S/C8H12O5/c1-5(9)8(13-7(3)11)4-12-6(2)10/h8H,4H2,1-3H3. The summed E-state index contributed by atoms with van der Waals surface area (Å²) in [4.78, 5) is 31.7. The third-order valence-electron chi connectivity index (χ3n) is 1.20. The molecule has 5 heteroatoms. The lowest BCUT2D eigenvalue weighted by atomic mass is 10.3. The second-order valence-electron chi connectivity index (χ2n) is 2.51. The molecule has 0 aromatic rings. The van der Waals surface area contributed by atoms with Crippen LogP contribution in [0.25, 0.3) is 0 Å². The van der Waals surface area contributed by atoms with Crippen LogP contribution in [-0.4, -0.2) is 30.4 Å². The molecule has 0 aliphatic carbocycles. The molecule has 13 heavy (non-hydrogen) atoms. The normalized spacial score (nSPS) is 11.6. The Morgan fingerprint density at radius 1 is 1.08 bits per heavy atom. The highest BCUT2D eigenvalue weighted by atomic mass is 16.6. The molecule has 0 aliphatic rings. The zero-order valence-corrected chi connectivity index (χ0v) is 7.83. The summed E-state index contributed by atoms with van der Waals surface area (Å²) in [7, 11) is 0. The zero-order chi connectivity index (χ0) is 10.4. The van der Waals surface area contributed by atoms with E-state index in [0.717, 1.165) is 0 Å². The molecular weight excluding hydrogens is 176 g/mol. The summed E-state index contributed by atoms with van der Waals surface area (Å²) >= 11 is 0. The Bertz CT molecular complexity index is 221. The van der Waals surface area contributed by atoms with Crippen LogP contribution < -0.4 is 0 Å². The number of carbonyl (C=O) groups excluding carboxylic acids is 3. The average Bonchev–Trinajstić information content (AvgIpc) is 1.96. The lowest BCUT2D eigenvalue weighted by Gasteiger charge is -2.12. The van der Waals surface area contributed by atoms with Crippen LogP contribution in [0.1, 0.15) is 20.8 Å². The van der Waals surface area contributed by atoms with Crippen LogP contribution in [-0.2, 0) is 23.9 Å². The maximum Gasteiger partial charge on any atom is 0.303 e. The van der Waals surface area contributed by atoms with E-state index in [2.05, 4.69) is 9.47 Å². The minimum Gasteiger partial charge on any atom is -0.461 e. The fourth-order valence-electron chi connectivity index (χ4n) is 0.628. The summed E-state index contributed by atoms with van der Waals surface area (Å²) < 4.78 is 9.13. The van der Waals surface area contributed by atoms with Gasteiger partial charge in [0.15, 0.2) is 11.9 Å². The summed E-state index contributed by atoms with van der Waals surface area (Å²) in [6, 6.07) is 0. The van der Waals surface area contributed by atoms with E-state index in [4.69, 9.17) is 0 Å². The second kappa shape index (κ2) is 5.29. The first kappa shape index (κ1) is 11.6. The van der Waals surface area contributed by atoms with Crippen molar-refractivity contribution in [1.82, 2.24) is 0 Å². The molecule has 0 N–H and O–H groups in total. The van der Waals surface area contributed by atoms with Crippen molar-refractivity contribution in [3.63, 3.8) is 0 Å². The molecule has 0 radical (unpaired) electrons. The van der Waals surface area contributed by atoms with Crippen molar-refractivity contribution in [1.29, 1.82) is 0 Å². The van der Waals surface area contributed by atoms with Crippen LogP contribution in [0.15, 0.2) is 0 Å². The minimum absolute atomic E-state index is 0.218. The number of ether oxygens (including phenoxy) is 2. The molecular formula is C8H12O5. The third-order valence-corrected chi connectivity index (χ3v) is 1.20. The first-order chi connectivity index (χ1) is 5.93.